The van der Waals surface area contributed by atoms with Gasteiger partial charge in [-0.15, -0.1) is 0 Å². The highest BCUT2D eigenvalue weighted by Crippen LogP contribution is 2.27. The molecule has 1 aromatic carbocycles. The zero-order valence-electron chi connectivity index (χ0n) is 10.0. The Labute approximate surface area is 96.5 Å². The van der Waals surface area contributed by atoms with Gasteiger partial charge in [0.1, 0.15) is 6.17 Å². The molecule has 1 atom stereocenters. The van der Waals surface area contributed by atoms with Crippen LogP contribution in [-0.4, -0.2) is 23.5 Å². The van der Waals surface area contributed by atoms with Gasteiger partial charge in [-0.2, -0.15) is 0 Å². The quantitative estimate of drug-likeness (QED) is 0.827. The number of nitrogens with zero attached hydrogens (tertiary/aromatic N) is 1. The zero-order chi connectivity index (χ0) is 11.7. The molecule has 0 radical (unpaired) electrons. The molecule has 1 aromatic rings. The van der Waals surface area contributed by atoms with Gasteiger partial charge in [-0.3, -0.25) is 4.79 Å². The highest BCUT2D eigenvalue weighted by atomic mass is 16.2. The molecule has 1 N–H and O–H groups in total. The van der Waals surface area contributed by atoms with E-state index in [2.05, 4.69) is 19.2 Å². The van der Waals surface area contributed by atoms with Crippen molar-refractivity contribution in [2.45, 2.75) is 26.9 Å². The molecule has 0 fully saturated rings. The first-order valence-electron chi connectivity index (χ1n) is 5.81. The van der Waals surface area contributed by atoms with Crippen molar-refractivity contribution >= 4 is 11.6 Å². The number of rotatable bonds is 2. The fourth-order valence-electron chi connectivity index (χ4n) is 2.18. The van der Waals surface area contributed by atoms with Gasteiger partial charge in [-0.05, 0) is 25.0 Å². The van der Waals surface area contributed by atoms with Crippen LogP contribution in [0.5, 0.6) is 0 Å². The molecular formula is C13H18N2O. The molecule has 0 bridgehead atoms. The summed E-state index contributed by atoms with van der Waals surface area (Å²) in [5, 5.41) is 3.43. The van der Waals surface area contributed by atoms with Gasteiger partial charge in [0.15, 0.2) is 0 Å². The first-order valence-corrected chi connectivity index (χ1v) is 5.81. The fraction of sp³-hybridized carbons (Fsp3) is 0.462. The Morgan fingerprint density at radius 3 is 2.69 bits per heavy atom. The average Bonchev–Trinajstić information content (AvgIpc) is 2.29. The third-order valence-corrected chi connectivity index (χ3v) is 3.03. The topological polar surface area (TPSA) is 32.3 Å². The number of amides is 1. The number of anilines is 1. The molecule has 1 amide bonds. The maximum Gasteiger partial charge on any atom is 0.257 e. The summed E-state index contributed by atoms with van der Waals surface area (Å²) in [6.45, 7) is 7.01. The molecule has 1 unspecified atom stereocenters. The zero-order valence-corrected chi connectivity index (χ0v) is 10.0. The molecule has 3 heteroatoms. The van der Waals surface area contributed by atoms with Crippen LogP contribution in [0.1, 0.15) is 31.1 Å². The van der Waals surface area contributed by atoms with Crippen molar-refractivity contribution in [3.8, 4) is 0 Å². The maximum atomic E-state index is 12.2. The van der Waals surface area contributed by atoms with Crippen molar-refractivity contribution in [3.05, 3.63) is 29.8 Å². The van der Waals surface area contributed by atoms with Crippen LogP contribution in [0.25, 0.3) is 0 Å². The lowest BCUT2D eigenvalue weighted by atomic mass is 10.0. The largest absolute Gasteiger partial charge is 0.364 e. The Hall–Kier alpha value is -1.51. The summed E-state index contributed by atoms with van der Waals surface area (Å²) < 4.78 is 0. The summed E-state index contributed by atoms with van der Waals surface area (Å²) in [7, 11) is 0. The smallest absolute Gasteiger partial charge is 0.257 e. The number of hydrogen-bond donors (Lipinski definition) is 1. The van der Waals surface area contributed by atoms with E-state index in [0.29, 0.717) is 5.92 Å². The maximum absolute atomic E-state index is 12.2. The van der Waals surface area contributed by atoms with Crippen LogP contribution in [0, 0.1) is 5.92 Å². The molecule has 0 aromatic heterocycles. The number of hydrogen-bond acceptors (Lipinski definition) is 2. The van der Waals surface area contributed by atoms with Crippen LogP contribution in [0.3, 0.4) is 0 Å². The highest BCUT2D eigenvalue weighted by molar-refractivity contribution is 6.01. The molecule has 3 nitrogen and oxygen atoms in total. The van der Waals surface area contributed by atoms with Crippen molar-refractivity contribution < 1.29 is 4.79 Å². The van der Waals surface area contributed by atoms with Crippen LogP contribution < -0.4 is 5.32 Å². The lowest BCUT2D eigenvalue weighted by Crippen LogP contribution is -2.51. The third kappa shape index (κ3) is 1.66. The minimum atomic E-state index is 0.104. The molecular weight excluding hydrogens is 200 g/mol. The van der Waals surface area contributed by atoms with Gasteiger partial charge in [0.25, 0.3) is 5.91 Å². The van der Waals surface area contributed by atoms with E-state index < -0.39 is 0 Å². The molecule has 1 aliphatic rings. The van der Waals surface area contributed by atoms with Gasteiger partial charge in [-0.1, -0.05) is 26.0 Å². The number of carbonyl (C=O) groups is 1. The van der Waals surface area contributed by atoms with Gasteiger partial charge in [0.2, 0.25) is 0 Å². The van der Waals surface area contributed by atoms with Crippen LogP contribution >= 0.6 is 0 Å². The highest BCUT2D eigenvalue weighted by Gasteiger charge is 2.31. The van der Waals surface area contributed by atoms with E-state index in [1.807, 2.05) is 36.1 Å². The Kier molecular flexibility index (Phi) is 2.86. The van der Waals surface area contributed by atoms with E-state index in [4.69, 9.17) is 0 Å². The van der Waals surface area contributed by atoms with Gasteiger partial charge < -0.3 is 10.2 Å². The van der Waals surface area contributed by atoms with Gasteiger partial charge in [-0.25, -0.2) is 0 Å². The lowest BCUT2D eigenvalue weighted by molar-refractivity contribution is 0.0653. The number of fused-ring (bicyclic) bond motifs is 1. The lowest BCUT2D eigenvalue weighted by Gasteiger charge is -2.39. The summed E-state index contributed by atoms with van der Waals surface area (Å²) >= 11 is 0. The SMILES string of the molecule is CCN1C(=O)c2ccccc2NC1C(C)C. The summed E-state index contributed by atoms with van der Waals surface area (Å²) in [6, 6.07) is 7.71. The van der Waals surface area contributed by atoms with E-state index in [0.717, 1.165) is 17.8 Å². The van der Waals surface area contributed by atoms with Crippen molar-refractivity contribution in [2.24, 2.45) is 5.92 Å². The third-order valence-electron chi connectivity index (χ3n) is 3.03. The normalized spacial score (nSPS) is 19.6. The summed E-state index contributed by atoms with van der Waals surface area (Å²) in [6.07, 6.45) is 0.104. The molecule has 0 aliphatic carbocycles. The minimum Gasteiger partial charge on any atom is -0.364 e. The molecule has 0 spiro atoms. The van der Waals surface area contributed by atoms with Crippen molar-refractivity contribution in [3.63, 3.8) is 0 Å². The van der Waals surface area contributed by atoms with E-state index in [9.17, 15) is 4.79 Å². The van der Waals surface area contributed by atoms with Crippen molar-refractivity contribution in [1.29, 1.82) is 0 Å². The monoisotopic (exact) mass is 218 g/mol. The van der Waals surface area contributed by atoms with Crippen molar-refractivity contribution in [2.75, 3.05) is 11.9 Å². The van der Waals surface area contributed by atoms with Crippen molar-refractivity contribution in [1.82, 2.24) is 4.90 Å². The Morgan fingerprint density at radius 1 is 1.38 bits per heavy atom. The van der Waals surface area contributed by atoms with Gasteiger partial charge in [0.05, 0.1) is 5.56 Å². The Balaban J connectivity index is 2.41. The molecule has 0 saturated carbocycles. The van der Waals surface area contributed by atoms with E-state index in [1.165, 1.54) is 0 Å². The van der Waals surface area contributed by atoms with Crippen LogP contribution in [0.15, 0.2) is 24.3 Å². The first-order chi connectivity index (χ1) is 7.65. The number of benzene rings is 1. The second-order valence-corrected chi connectivity index (χ2v) is 4.47. The van der Waals surface area contributed by atoms with E-state index in [1.54, 1.807) is 0 Å². The Bertz CT molecular complexity index is 401. The molecule has 0 saturated heterocycles. The predicted molar refractivity (Wildman–Crippen MR) is 65.4 cm³/mol. The first kappa shape index (κ1) is 11.0. The fourth-order valence-corrected chi connectivity index (χ4v) is 2.18. The molecule has 2 rings (SSSR count). The number of carbonyl (C=O) groups excluding carboxylic acids is 1. The molecule has 16 heavy (non-hydrogen) atoms. The second-order valence-electron chi connectivity index (χ2n) is 4.47. The van der Waals surface area contributed by atoms with E-state index in [-0.39, 0.29) is 12.1 Å². The van der Waals surface area contributed by atoms with Crippen LogP contribution in [-0.2, 0) is 0 Å². The van der Waals surface area contributed by atoms with Gasteiger partial charge >= 0.3 is 0 Å². The number of para-hydroxylation sites is 1. The molecule has 86 valence electrons. The van der Waals surface area contributed by atoms with Gasteiger partial charge in [0, 0.05) is 12.2 Å². The molecule has 1 heterocycles. The van der Waals surface area contributed by atoms with Crippen LogP contribution in [0.2, 0.25) is 0 Å². The van der Waals surface area contributed by atoms with Crippen LogP contribution in [0.4, 0.5) is 5.69 Å². The standard InChI is InChI=1S/C13H18N2O/c1-4-15-12(9(2)3)14-11-8-6-5-7-10(11)13(15)16/h5-9,12,14H,4H2,1-3H3. The van der Waals surface area contributed by atoms with E-state index >= 15 is 0 Å². The predicted octanol–water partition coefficient (Wildman–Crippen LogP) is 2.56. The minimum absolute atomic E-state index is 0.104. The summed E-state index contributed by atoms with van der Waals surface area (Å²) in [5.41, 5.74) is 1.73. The molecule has 1 aliphatic heterocycles. The summed E-state index contributed by atoms with van der Waals surface area (Å²) in [4.78, 5) is 14.1. The second kappa shape index (κ2) is 4.16. The number of nitrogens with one attached hydrogen (secondary N) is 1. The Morgan fingerprint density at radius 2 is 2.06 bits per heavy atom. The summed E-state index contributed by atoms with van der Waals surface area (Å²) in [5.74, 6) is 0.535. The average molecular weight is 218 g/mol.